The molecule has 1 aromatic heterocycles. The number of anilines is 1. The Hall–Kier alpha value is -2.30. The van der Waals surface area contributed by atoms with Gasteiger partial charge in [-0.2, -0.15) is 4.57 Å². The molecule has 0 saturated carbocycles. The van der Waals surface area contributed by atoms with Crippen LogP contribution in [0.4, 0.5) is 14.5 Å². The first-order chi connectivity index (χ1) is 11.0. The summed E-state index contributed by atoms with van der Waals surface area (Å²) in [6, 6.07) is 7.43. The van der Waals surface area contributed by atoms with E-state index in [0.717, 1.165) is 25.0 Å². The van der Waals surface area contributed by atoms with Crippen LogP contribution in [0.1, 0.15) is 38.2 Å². The summed E-state index contributed by atoms with van der Waals surface area (Å²) < 4.78 is 28.7. The number of carbonyl (C=O) groups is 1. The van der Waals surface area contributed by atoms with Crippen LogP contribution in [-0.2, 0) is 11.3 Å². The number of hydrogen-bond acceptors (Lipinski definition) is 1. The molecule has 0 aliphatic rings. The lowest BCUT2D eigenvalue weighted by atomic mass is 9.95. The van der Waals surface area contributed by atoms with Gasteiger partial charge in [-0.3, -0.25) is 4.79 Å². The zero-order valence-corrected chi connectivity index (χ0v) is 13.4. The van der Waals surface area contributed by atoms with E-state index < -0.39 is 23.2 Å². The maximum absolute atomic E-state index is 13.5. The number of amides is 1. The molecule has 0 unspecified atom stereocenters. The number of pyridine rings is 1. The largest absolute Gasteiger partial charge is 0.316 e. The second-order valence-corrected chi connectivity index (χ2v) is 5.46. The predicted molar refractivity (Wildman–Crippen MR) is 84.9 cm³/mol. The van der Waals surface area contributed by atoms with Gasteiger partial charge in [0.25, 0.3) is 5.91 Å². The maximum Gasteiger partial charge on any atom is 0.290 e. The Kier molecular flexibility index (Phi) is 5.79. The molecular weight excluding hydrogens is 298 g/mol. The summed E-state index contributed by atoms with van der Waals surface area (Å²) >= 11 is 0. The van der Waals surface area contributed by atoms with Crippen molar-refractivity contribution in [1.29, 1.82) is 0 Å². The van der Waals surface area contributed by atoms with E-state index in [1.54, 1.807) is 4.57 Å². The van der Waals surface area contributed by atoms with Crippen molar-refractivity contribution < 1.29 is 18.1 Å². The molecule has 1 N–H and O–H groups in total. The summed E-state index contributed by atoms with van der Waals surface area (Å²) in [6.45, 7) is 4.29. The predicted octanol–water partition coefficient (Wildman–Crippen LogP) is 3.79. The smallest absolute Gasteiger partial charge is 0.290 e. The Bertz CT molecular complexity index is 647. The molecule has 0 radical (unpaired) electrons. The molecule has 1 heterocycles. The zero-order chi connectivity index (χ0) is 16.8. The van der Waals surface area contributed by atoms with Crippen molar-refractivity contribution in [3.05, 3.63) is 59.9 Å². The second kappa shape index (κ2) is 7.81. The minimum absolute atomic E-state index is 0.00301. The van der Waals surface area contributed by atoms with Crippen LogP contribution in [0, 0.1) is 11.6 Å². The van der Waals surface area contributed by atoms with E-state index in [4.69, 9.17) is 0 Å². The number of para-hydroxylation sites is 1. The third-order valence-electron chi connectivity index (χ3n) is 3.93. The van der Waals surface area contributed by atoms with Gasteiger partial charge in [0.2, 0.25) is 6.54 Å². The number of hydrogen-bond donors (Lipinski definition) is 1. The first-order valence-electron chi connectivity index (χ1n) is 7.78. The Morgan fingerprint density at radius 2 is 1.65 bits per heavy atom. The summed E-state index contributed by atoms with van der Waals surface area (Å²) in [7, 11) is 0. The van der Waals surface area contributed by atoms with Crippen molar-refractivity contribution in [2.45, 2.75) is 39.2 Å². The van der Waals surface area contributed by atoms with E-state index in [1.807, 2.05) is 24.5 Å². The normalized spacial score (nSPS) is 10.8. The van der Waals surface area contributed by atoms with Crippen LogP contribution in [-0.4, -0.2) is 5.91 Å². The molecule has 0 bridgehead atoms. The lowest BCUT2D eigenvalue weighted by Crippen LogP contribution is -2.39. The lowest BCUT2D eigenvalue weighted by molar-refractivity contribution is -0.684. The number of benzene rings is 1. The van der Waals surface area contributed by atoms with Crippen LogP contribution in [0.15, 0.2) is 42.7 Å². The molecule has 0 aliphatic heterocycles. The van der Waals surface area contributed by atoms with E-state index in [1.165, 1.54) is 11.6 Å². The summed E-state index contributed by atoms with van der Waals surface area (Å²) in [5.74, 6) is -1.54. The fourth-order valence-corrected chi connectivity index (χ4v) is 2.57. The van der Waals surface area contributed by atoms with Gasteiger partial charge in [0.1, 0.15) is 17.3 Å². The number of carbonyl (C=O) groups excluding carboxylic acids is 1. The summed E-state index contributed by atoms with van der Waals surface area (Å²) in [5.41, 5.74) is 0.818. The van der Waals surface area contributed by atoms with Gasteiger partial charge in [0.15, 0.2) is 12.4 Å². The minimum atomic E-state index is -0.785. The van der Waals surface area contributed by atoms with Crippen molar-refractivity contribution in [3.8, 4) is 0 Å². The van der Waals surface area contributed by atoms with Crippen LogP contribution >= 0.6 is 0 Å². The first kappa shape index (κ1) is 17.1. The molecule has 5 heteroatoms. The molecule has 2 aromatic rings. The van der Waals surface area contributed by atoms with Gasteiger partial charge in [0.05, 0.1) is 0 Å². The van der Waals surface area contributed by atoms with Crippen molar-refractivity contribution >= 4 is 11.6 Å². The van der Waals surface area contributed by atoms with Gasteiger partial charge in [-0.25, -0.2) is 8.78 Å². The highest BCUT2D eigenvalue weighted by atomic mass is 19.1. The number of halogens is 2. The molecule has 0 saturated heterocycles. The van der Waals surface area contributed by atoms with Gasteiger partial charge >= 0.3 is 0 Å². The van der Waals surface area contributed by atoms with Gasteiger partial charge in [0, 0.05) is 12.1 Å². The van der Waals surface area contributed by atoms with Gasteiger partial charge < -0.3 is 5.32 Å². The van der Waals surface area contributed by atoms with E-state index in [0.29, 0.717) is 5.92 Å². The van der Waals surface area contributed by atoms with E-state index in [9.17, 15) is 13.6 Å². The molecule has 3 nitrogen and oxygen atoms in total. The Morgan fingerprint density at radius 1 is 1.09 bits per heavy atom. The molecule has 0 aliphatic carbocycles. The monoisotopic (exact) mass is 319 g/mol. The maximum atomic E-state index is 13.5. The number of aromatic nitrogens is 1. The first-order valence-corrected chi connectivity index (χ1v) is 7.78. The van der Waals surface area contributed by atoms with Crippen LogP contribution in [0.25, 0.3) is 0 Å². The number of nitrogens with zero attached hydrogens (tertiary/aromatic N) is 1. The number of rotatable bonds is 6. The topological polar surface area (TPSA) is 33.0 Å². The molecule has 0 spiro atoms. The highest BCUT2D eigenvalue weighted by Crippen LogP contribution is 2.21. The molecule has 0 atom stereocenters. The minimum Gasteiger partial charge on any atom is -0.316 e. The van der Waals surface area contributed by atoms with Gasteiger partial charge in [-0.1, -0.05) is 19.9 Å². The van der Waals surface area contributed by atoms with E-state index in [-0.39, 0.29) is 6.54 Å². The fourth-order valence-electron chi connectivity index (χ4n) is 2.57. The highest BCUT2D eigenvalue weighted by Gasteiger charge is 2.16. The van der Waals surface area contributed by atoms with Gasteiger partial charge in [-0.15, -0.1) is 0 Å². The Balaban J connectivity index is 2.03. The molecular formula is C18H21F2N2O+. The molecule has 1 amide bonds. The van der Waals surface area contributed by atoms with Crippen molar-refractivity contribution in [3.63, 3.8) is 0 Å². The Labute approximate surface area is 135 Å². The summed E-state index contributed by atoms with van der Waals surface area (Å²) in [4.78, 5) is 12.0. The molecule has 2 rings (SSSR count). The molecule has 1 aromatic carbocycles. The van der Waals surface area contributed by atoms with E-state index >= 15 is 0 Å². The van der Waals surface area contributed by atoms with Crippen LogP contribution in [0.5, 0.6) is 0 Å². The van der Waals surface area contributed by atoms with Crippen molar-refractivity contribution in [2.75, 3.05) is 5.32 Å². The van der Waals surface area contributed by atoms with Crippen molar-refractivity contribution in [1.82, 2.24) is 0 Å². The second-order valence-electron chi connectivity index (χ2n) is 5.46. The van der Waals surface area contributed by atoms with Crippen LogP contribution < -0.4 is 9.88 Å². The Morgan fingerprint density at radius 3 is 2.17 bits per heavy atom. The lowest BCUT2D eigenvalue weighted by Gasteiger charge is -2.11. The average Bonchev–Trinajstić information content (AvgIpc) is 2.54. The van der Waals surface area contributed by atoms with Gasteiger partial charge in [-0.05, 0) is 36.5 Å². The van der Waals surface area contributed by atoms with E-state index in [2.05, 4.69) is 19.2 Å². The van der Waals surface area contributed by atoms with Crippen molar-refractivity contribution in [2.24, 2.45) is 0 Å². The standard InChI is InChI=1S/C18H20F2N2O/c1-3-13(4-2)14-8-10-22(11-9-14)12-17(23)21-18-15(19)6-5-7-16(18)20/h5-11,13H,3-4,12H2,1-2H3/p+1. The molecule has 23 heavy (non-hydrogen) atoms. The summed E-state index contributed by atoms with van der Waals surface area (Å²) in [6.07, 6.45) is 5.75. The number of nitrogens with one attached hydrogen (secondary N) is 1. The zero-order valence-electron chi connectivity index (χ0n) is 13.4. The fraction of sp³-hybridized carbons (Fsp3) is 0.333. The average molecular weight is 319 g/mol. The quantitative estimate of drug-likeness (QED) is 0.807. The molecule has 122 valence electrons. The third kappa shape index (κ3) is 4.34. The highest BCUT2D eigenvalue weighted by molar-refractivity contribution is 5.89. The molecule has 0 fully saturated rings. The summed E-state index contributed by atoms with van der Waals surface area (Å²) in [5, 5.41) is 2.28. The third-order valence-corrected chi connectivity index (χ3v) is 3.93. The van der Waals surface area contributed by atoms with Crippen LogP contribution in [0.3, 0.4) is 0 Å². The van der Waals surface area contributed by atoms with Crippen LogP contribution in [0.2, 0.25) is 0 Å². The SMILES string of the molecule is CCC(CC)c1cc[n+](CC(=O)Nc2c(F)cccc2F)cc1.